The van der Waals surface area contributed by atoms with Crippen molar-refractivity contribution in [3.8, 4) is 23.0 Å². The maximum absolute atomic E-state index is 12.1. The van der Waals surface area contributed by atoms with Crippen molar-refractivity contribution in [2.24, 2.45) is 20.0 Å². The second-order valence-corrected chi connectivity index (χ2v) is 18.1. The molecular weight excluding hydrogens is 881 g/mol. The van der Waals surface area contributed by atoms with Crippen LogP contribution in [0.25, 0.3) is 0 Å². The van der Waals surface area contributed by atoms with Crippen LogP contribution >= 0.6 is 47.0 Å². The first-order valence-corrected chi connectivity index (χ1v) is 22.5. The minimum atomic E-state index is -0.0943. The summed E-state index contributed by atoms with van der Waals surface area (Å²) in [7, 11) is 0. The molecule has 1 aliphatic heterocycles. The second-order valence-electron chi connectivity index (χ2n) is 13.7. The lowest BCUT2D eigenvalue weighted by Crippen LogP contribution is -1.88. The highest BCUT2D eigenvalue weighted by molar-refractivity contribution is 8.01. The molecule has 16 heteroatoms. The van der Waals surface area contributed by atoms with E-state index in [0.717, 1.165) is 69.3 Å². The predicted molar refractivity (Wildman–Crippen MR) is 255 cm³/mol. The average Bonchev–Trinajstić information content (AvgIpc) is 3.32. The SMILES string of the molecule is Oc1c2cc(N=Cc3ccncc3)cc1Sc1cc(N=Cc3ccncc3)cc(c1O)Sc1cc(N=Cc3ccncc3)cc(c1O)Sc1cc(N=Cc3ccncc3)cc(c1O)S2. The normalized spacial score (nSPS) is 12.8. The maximum atomic E-state index is 12.1. The van der Waals surface area contributed by atoms with Gasteiger partial charge in [-0.25, -0.2) is 0 Å². The van der Waals surface area contributed by atoms with Gasteiger partial charge >= 0.3 is 0 Å². The minimum Gasteiger partial charge on any atom is -0.506 e. The van der Waals surface area contributed by atoms with E-state index in [4.69, 9.17) is 20.0 Å². The zero-order chi connectivity index (χ0) is 43.8. The molecule has 8 bridgehead atoms. The molecule has 12 nitrogen and oxygen atoms in total. The number of phenolic OH excluding ortho intramolecular Hbond substituents is 4. The number of aliphatic imine (C=N–C) groups is 4. The smallest absolute Gasteiger partial charge is 0.143 e. The Balaban J connectivity index is 1.24. The van der Waals surface area contributed by atoms with E-state index in [2.05, 4.69) is 19.9 Å². The number of nitrogens with zero attached hydrogens (tertiary/aromatic N) is 8. The average molecular weight is 913 g/mol. The van der Waals surface area contributed by atoms with Crippen molar-refractivity contribution in [3.05, 3.63) is 169 Å². The van der Waals surface area contributed by atoms with Gasteiger partial charge in [-0.05, 0) is 119 Å². The minimum absolute atomic E-state index is 0.0943. The zero-order valence-corrected chi connectivity index (χ0v) is 36.4. The molecule has 0 atom stereocenters. The van der Waals surface area contributed by atoms with Gasteiger partial charge in [0.25, 0.3) is 0 Å². The fourth-order valence-electron chi connectivity index (χ4n) is 6.06. The van der Waals surface area contributed by atoms with E-state index < -0.39 is 0 Å². The molecule has 9 rings (SSSR count). The largest absolute Gasteiger partial charge is 0.506 e. The third-order valence-corrected chi connectivity index (χ3v) is 13.5. The molecule has 0 amide bonds. The van der Waals surface area contributed by atoms with Crippen LogP contribution in [-0.2, 0) is 0 Å². The van der Waals surface area contributed by atoms with Crippen molar-refractivity contribution in [2.75, 3.05) is 0 Å². The molecule has 64 heavy (non-hydrogen) atoms. The molecule has 4 N–H and O–H groups in total. The van der Waals surface area contributed by atoms with Crippen LogP contribution in [0.4, 0.5) is 22.7 Å². The van der Waals surface area contributed by atoms with Crippen molar-refractivity contribution in [1.29, 1.82) is 0 Å². The molecule has 0 saturated heterocycles. The van der Waals surface area contributed by atoms with E-state index in [1.807, 2.05) is 48.5 Å². The van der Waals surface area contributed by atoms with Crippen LogP contribution in [0.2, 0.25) is 0 Å². The summed E-state index contributed by atoms with van der Waals surface area (Å²) < 4.78 is 0. The number of fused-ring (bicyclic) bond motifs is 8. The lowest BCUT2D eigenvalue weighted by molar-refractivity contribution is 0.444. The second kappa shape index (κ2) is 19.4. The molecule has 8 aromatic rings. The van der Waals surface area contributed by atoms with Crippen LogP contribution in [0.5, 0.6) is 23.0 Å². The number of phenols is 4. The molecule has 0 fully saturated rings. The number of aromatic hydroxyl groups is 4. The third-order valence-electron chi connectivity index (χ3n) is 9.25. The van der Waals surface area contributed by atoms with Crippen molar-refractivity contribution >= 4 is 94.7 Å². The summed E-state index contributed by atoms with van der Waals surface area (Å²) in [6.45, 7) is 0. The fraction of sp³-hybridized carbons (Fsp3) is 0. The number of aromatic nitrogens is 4. The van der Waals surface area contributed by atoms with E-state index >= 15 is 0 Å². The molecule has 0 spiro atoms. The summed E-state index contributed by atoms with van der Waals surface area (Å²) in [5.41, 5.74) is 5.27. The van der Waals surface area contributed by atoms with Gasteiger partial charge in [0.15, 0.2) is 0 Å². The number of hydrogen-bond donors (Lipinski definition) is 4. The number of rotatable bonds is 8. The quantitative estimate of drug-likeness (QED) is 0.106. The van der Waals surface area contributed by atoms with Gasteiger partial charge in [-0.15, -0.1) is 0 Å². The van der Waals surface area contributed by atoms with Crippen molar-refractivity contribution < 1.29 is 20.4 Å². The summed E-state index contributed by atoms with van der Waals surface area (Å²) in [6, 6.07) is 28.4. The van der Waals surface area contributed by atoms with Gasteiger partial charge in [0, 0.05) is 74.4 Å². The molecule has 4 aromatic carbocycles. The first-order chi connectivity index (χ1) is 31.3. The van der Waals surface area contributed by atoms with Gasteiger partial charge in [0.2, 0.25) is 0 Å². The maximum Gasteiger partial charge on any atom is 0.143 e. The van der Waals surface area contributed by atoms with E-state index in [-0.39, 0.29) is 23.0 Å². The Morgan fingerprint density at radius 1 is 0.297 bits per heavy atom. The van der Waals surface area contributed by atoms with Gasteiger partial charge in [-0.2, -0.15) is 0 Å². The lowest BCUT2D eigenvalue weighted by atomic mass is 10.2. The third kappa shape index (κ3) is 10.2. The monoisotopic (exact) mass is 912 g/mol. The van der Waals surface area contributed by atoms with Crippen molar-refractivity contribution in [1.82, 2.24) is 19.9 Å². The van der Waals surface area contributed by atoms with Crippen LogP contribution in [0.1, 0.15) is 22.3 Å². The van der Waals surface area contributed by atoms with Gasteiger partial charge in [0.1, 0.15) is 23.0 Å². The zero-order valence-electron chi connectivity index (χ0n) is 33.2. The molecule has 312 valence electrons. The summed E-state index contributed by atoms with van der Waals surface area (Å²) in [5, 5.41) is 48.3. The molecule has 1 aliphatic rings. The summed E-state index contributed by atoms with van der Waals surface area (Å²) >= 11 is 4.49. The van der Waals surface area contributed by atoms with E-state index in [1.54, 1.807) is 123 Å². The van der Waals surface area contributed by atoms with Crippen molar-refractivity contribution in [2.45, 2.75) is 39.2 Å². The predicted octanol–water partition coefficient (Wildman–Crippen LogP) is 12.0. The highest BCUT2D eigenvalue weighted by Gasteiger charge is 2.23. The van der Waals surface area contributed by atoms with Gasteiger partial charge in [-0.3, -0.25) is 39.9 Å². The summed E-state index contributed by atoms with van der Waals surface area (Å²) in [5.74, 6) is -0.377. The first kappa shape index (κ1) is 42.1. The Bertz CT molecular complexity index is 2590. The lowest BCUT2D eigenvalue weighted by Gasteiger charge is -2.17. The highest BCUT2D eigenvalue weighted by atomic mass is 32.2. The van der Waals surface area contributed by atoms with E-state index in [1.165, 1.54) is 0 Å². The van der Waals surface area contributed by atoms with Crippen LogP contribution < -0.4 is 0 Å². The molecule has 5 heterocycles. The molecule has 4 aromatic heterocycles. The molecule has 0 aliphatic carbocycles. The first-order valence-electron chi connectivity index (χ1n) is 19.3. The Hall–Kier alpha value is -7.24. The Morgan fingerprint density at radius 2 is 0.469 bits per heavy atom. The molecule has 0 radical (unpaired) electrons. The molecule has 0 saturated carbocycles. The van der Waals surface area contributed by atoms with Crippen LogP contribution in [0, 0.1) is 0 Å². The number of pyridine rings is 4. The Labute approximate surface area is 383 Å². The number of benzene rings is 4. The van der Waals surface area contributed by atoms with E-state index in [0.29, 0.717) is 61.9 Å². The molecule has 0 unspecified atom stereocenters. The summed E-state index contributed by atoms with van der Waals surface area (Å²) in [6.07, 6.45) is 20.2. The summed E-state index contributed by atoms with van der Waals surface area (Å²) in [4.78, 5) is 38.4. The Morgan fingerprint density at radius 3 is 0.641 bits per heavy atom. The standard InChI is InChI=1S/C48H32N8O4S4/c57-45-37-17-33(53-25-29-1-9-49-10-2-29)18-38(45)62-40-20-35(55-27-31-5-13-51-14-6-31)22-42(47(40)59)64-44-24-36(56-28-32-7-15-52-16-8-32)23-43(48(44)60)63-41-21-34(19-39(61-37)46(41)58)54-26-30-3-11-50-12-4-30/h1-28,57-60H. The van der Waals surface area contributed by atoms with Crippen molar-refractivity contribution in [3.63, 3.8) is 0 Å². The van der Waals surface area contributed by atoms with Gasteiger partial charge in [-0.1, -0.05) is 47.0 Å². The van der Waals surface area contributed by atoms with Gasteiger partial charge in [0.05, 0.1) is 61.9 Å². The molecular formula is C48H32N8O4S4. The van der Waals surface area contributed by atoms with Crippen LogP contribution in [0.3, 0.4) is 0 Å². The Kier molecular flexibility index (Phi) is 12.8. The highest BCUT2D eigenvalue weighted by Crippen LogP contribution is 2.55. The van der Waals surface area contributed by atoms with Crippen LogP contribution in [-0.4, -0.2) is 65.2 Å². The number of hydrogen-bond acceptors (Lipinski definition) is 16. The van der Waals surface area contributed by atoms with E-state index in [9.17, 15) is 20.4 Å². The van der Waals surface area contributed by atoms with Gasteiger partial charge < -0.3 is 20.4 Å². The topological polar surface area (TPSA) is 182 Å². The fourth-order valence-corrected chi connectivity index (χ4v) is 10.4. The van der Waals surface area contributed by atoms with Crippen LogP contribution in [0.15, 0.2) is 206 Å².